The molecule has 158 valence electrons. The van der Waals surface area contributed by atoms with Gasteiger partial charge in [-0.05, 0) is 49.7 Å². The number of carboxylic acids is 1. The number of hydrazine groups is 2. The molecule has 0 saturated heterocycles. The Bertz CT molecular complexity index is 761. The fourth-order valence-corrected chi connectivity index (χ4v) is 4.05. The van der Waals surface area contributed by atoms with Crippen molar-refractivity contribution in [1.29, 1.82) is 0 Å². The first kappa shape index (κ1) is 21.1. The van der Waals surface area contributed by atoms with E-state index in [0.29, 0.717) is 37.3 Å². The molecule has 2 atom stereocenters. The maximum atomic E-state index is 12.6. The molecule has 0 radical (unpaired) electrons. The van der Waals surface area contributed by atoms with Gasteiger partial charge in [-0.3, -0.25) is 14.6 Å². The van der Waals surface area contributed by atoms with E-state index >= 15 is 0 Å². The maximum absolute atomic E-state index is 12.6. The minimum Gasteiger partial charge on any atom is -0.480 e. The number of carbonyl (C=O) groups excluding carboxylic acids is 2. The first-order valence-corrected chi connectivity index (χ1v) is 10.4. The van der Waals surface area contributed by atoms with Crippen molar-refractivity contribution in [3.63, 3.8) is 0 Å². The van der Waals surface area contributed by atoms with Gasteiger partial charge in [0, 0.05) is 12.5 Å². The van der Waals surface area contributed by atoms with Crippen LogP contribution in [0.25, 0.3) is 0 Å². The van der Waals surface area contributed by atoms with Crippen molar-refractivity contribution in [2.45, 2.75) is 52.0 Å². The number of anilines is 1. The predicted molar refractivity (Wildman–Crippen MR) is 109 cm³/mol. The van der Waals surface area contributed by atoms with E-state index < -0.39 is 12.0 Å². The molecule has 1 aromatic rings. The van der Waals surface area contributed by atoms with Crippen LogP contribution >= 0.6 is 0 Å². The normalized spacial score (nSPS) is 23.5. The van der Waals surface area contributed by atoms with Gasteiger partial charge in [0.25, 0.3) is 5.91 Å². The van der Waals surface area contributed by atoms with Crippen LogP contribution in [0.5, 0.6) is 0 Å². The van der Waals surface area contributed by atoms with Gasteiger partial charge in [0.15, 0.2) is 0 Å². The standard InChI is InChI=1S/C21H30N4O4/c1-3-13(2)18(21(28)29)22-19(26)15-10-8-14(9-11-15)12-25-20(27)16-6-4-5-7-17(16)23-24-25/h4-7,13-15,18,23-24H,3,8-12H2,1-2H3,(H,22,26)(H,28,29). The SMILES string of the molecule is CCC(C)C(NC(=O)C1CCC(CN2NNc3ccccc3C2=O)CC1)C(=O)O. The number of nitrogens with zero attached hydrogens (tertiary/aromatic N) is 1. The van der Waals surface area contributed by atoms with Crippen LogP contribution in [0.1, 0.15) is 56.3 Å². The number of carbonyl (C=O) groups is 3. The molecule has 1 heterocycles. The first-order valence-electron chi connectivity index (χ1n) is 10.4. The summed E-state index contributed by atoms with van der Waals surface area (Å²) in [6, 6.07) is 6.53. The lowest BCUT2D eigenvalue weighted by Crippen LogP contribution is -2.52. The van der Waals surface area contributed by atoms with Crippen molar-refractivity contribution in [3.05, 3.63) is 29.8 Å². The molecule has 8 nitrogen and oxygen atoms in total. The molecule has 29 heavy (non-hydrogen) atoms. The van der Waals surface area contributed by atoms with Crippen molar-refractivity contribution in [2.75, 3.05) is 12.0 Å². The molecule has 1 aliphatic heterocycles. The van der Waals surface area contributed by atoms with Crippen LogP contribution in [-0.2, 0) is 9.59 Å². The third-order valence-corrected chi connectivity index (χ3v) is 6.16. The number of rotatable bonds is 7. The monoisotopic (exact) mass is 402 g/mol. The number of hydrogen-bond acceptors (Lipinski definition) is 5. The molecule has 4 N–H and O–H groups in total. The van der Waals surface area contributed by atoms with Gasteiger partial charge in [-0.1, -0.05) is 32.4 Å². The lowest BCUT2D eigenvalue weighted by molar-refractivity contribution is -0.144. The number of para-hydroxylation sites is 1. The van der Waals surface area contributed by atoms with E-state index in [0.717, 1.165) is 18.5 Å². The van der Waals surface area contributed by atoms with Crippen LogP contribution in [-0.4, -0.2) is 40.5 Å². The Labute approximate surface area is 171 Å². The quantitative estimate of drug-likeness (QED) is 0.557. The van der Waals surface area contributed by atoms with Gasteiger partial charge in [-0.25, -0.2) is 4.79 Å². The zero-order valence-electron chi connectivity index (χ0n) is 17.0. The largest absolute Gasteiger partial charge is 0.480 e. The molecule has 0 aromatic heterocycles. The van der Waals surface area contributed by atoms with Gasteiger partial charge in [-0.2, -0.15) is 0 Å². The Hall–Kier alpha value is -2.61. The third kappa shape index (κ3) is 4.87. The van der Waals surface area contributed by atoms with Crippen LogP contribution in [0, 0.1) is 17.8 Å². The van der Waals surface area contributed by atoms with Crippen LogP contribution in [0.2, 0.25) is 0 Å². The van der Waals surface area contributed by atoms with Crippen molar-refractivity contribution in [2.24, 2.45) is 17.8 Å². The minimum absolute atomic E-state index is 0.0583. The second-order valence-electron chi connectivity index (χ2n) is 8.13. The summed E-state index contributed by atoms with van der Waals surface area (Å²) in [6.45, 7) is 4.32. The molecule has 1 aromatic carbocycles. The molecule has 2 aliphatic rings. The molecule has 0 spiro atoms. The summed E-state index contributed by atoms with van der Waals surface area (Å²) in [5.74, 6) is -1.19. The molecular weight excluding hydrogens is 372 g/mol. The van der Waals surface area contributed by atoms with Crippen molar-refractivity contribution < 1.29 is 19.5 Å². The fraction of sp³-hybridized carbons (Fsp3) is 0.571. The summed E-state index contributed by atoms with van der Waals surface area (Å²) in [7, 11) is 0. The Morgan fingerprint density at radius 1 is 1.24 bits per heavy atom. The highest BCUT2D eigenvalue weighted by Crippen LogP contribution is 2.30. The lowest BCUT2D eigenvalue weighted by Gasteiger charge is -2.35. The third-order valence-electron chi connectivity index (χ3n) is 6.16. The number of fused-ring (bicyclic) bond motifs is 1. The van der Waals surface area contributed by atoms with Crippen LogP contribution in [0.3, 0.4) is 0 Å². The van der Waals surface area contributed by atoms with E-state index in [1.807, 2.05) is 32.0 Å². The Morgan fingerprint density at radius 2 is 1.93 bits per heavy atom. The average molecular weight is 402 g/mol. The summed E-state index contributed by atoms with van der Waals surface area (Å²) in [5, 5.41) is 13.7. The molecule has 1 saturated carbocycles. The predicted octanol–water partition coefficient (Wildman–Crippen LogP) is 2.40. The van der Waals surface area contributed by atoms with Crippen molar-refractivity contribution in [3.8, 4) is 0 Å². The molecule has 2 unspecified atom stereocenters. The second kappa shape index (κ2) is 9.26. The van der Waals surface area contributed by atoms with E-state index in [2.05, 4.69) is 16.3 Å². The minimum atomic E-state index is -0.983. The van der Waals surface area contributed by atoms with Crippen molar-refractivity contribution in [1.82, 2.24) is 15.9 Å². The zero-order valence-corrected chi connectivity index (χ0v) is 17.0. The van der Waals surface area contributed by atoms with E-state index in [-0.39, 0.29) is 23.7 Å². The molecule has 1 fully saturated rings. The molecule has 1 aliphatic carbocycles. The second-order valence-corrected chi connectivity index (χ2v) is 8.13. The number of aliphatic carboxylic acids is 1. The topological polar surface area (TPSA) is 111 Å². The number of benzene rings is 1. The van der Waals surface area contributed by atoms with Gasteiger partial charge in [0.2, 0.25) is 5.91 Å². The van der Waals surface area contributed by atoms with Gasteiger partial charge in [0.1, 0.15) is 6.04 Å². The Morgan fingerprint density at radius 3 is 2.59 bits per heavy atom. The summed E-state index contributed by atoms with van der Waals surface area (Å²) < 4.78 is 0. The highest BCUT2D eigenvalue weighted by atomic mass is 16.4. The number of nitrogens with one attached hydrogen (secondary N) is 3. The van der Waals surface area contributed by atoms with Crippen LogP contribution in [0.15, 0.2) is 24.3 Å². The zero-order chi connectivity index (χ0) is 21.0. The average Bonchev–Trinajstić information content (AvgIpc) is 2.73. The van der Waals surface area contributed by atoms with Gasteiger partial charge >= 0.3 is 5.97 Å². The van der Waals surface area contributed by atoms with Crippen LogP contribution in [0.4, 0.5) is 5.69 Å². The summed E-state index contributed by atoms with van der Waals surface area (Å²) in [5.41, 5.74) is 7.41. The van der Waals surface area contributed by atoms with E-state index in [1.54, 1.807) is 11.1 Å². The molecule has 2 amide bonds. The number of carboxylic acid groups (broad SMARTS) is 1. The first-order chi connectivity index (χ1) is 13.9. The smallest absolute Gasteiger partial charge is 0.326 e. The summed E-state index contributed by atoms with van der Waals surface area (Å²) >= 11 is 0. The highest BCUT2D eigenvalue weighted by molar-refractivity contribution is 6.00. The summed E-state index contributed by atoms with van der Waals surface area (Å²) in [4.78, 5) is 36.6. The fourth-order valence-electron chi connectivity index (χ4n) is 4.05. The molecule has 3 rings (SSSR count). The maximum Gasteiger partial charge on any atom is 0.326 e. The van der Waals surface area contributed by atoms with E-state index in [4.69, 9.17) is 0 Å². The van der Waals surface area contributed by atoms with E-state index in [9.17, 15) is 19.5 Å². The highest BCUT2D eigenvalue weighted by Gasteiger charge is 2.33. The lowest BCUT2D eigenvalue weighted by atomic mass is 9.81. The molecule has 0 bridgehead atoms. The molecule has 8 heteroatoms. The van der Waals surface area contributed by atoms with Crippen LogP contribution < -0.4 is 16.3 Å². The molecular formula is C21H30N4O4. The number of amides is 2. The summed E-state index contributed by atoms with van der Waals surface area (Å²) in [6.07, 6.45) is 3.75. The Kier molecular flexibility index (Phi) is 6.74. The Balaban J connectivity index is 1.50. The van der Waals surface area contributed by atoms with E-state index in [1.165, 1.54) is 0 Å². The van der Waals surface area contributed by atoms with Gasteiger partial charge in [0.05, 0.1) is 11.3 Å². The van der Waals surface area contributed by atoms with Gasteiger partial charge < -0.3 is 15.8 Å². The van der Waals surface area contributed by atoms with Gasteiger partial charge in [-0.15, -0.1) is 5.53 Å². The van der Waals surface area contributed by atoms with Crippen molar-refractivity contribution >= 4 is 23.5 Å². The number of hydrogen-bond donors (Lipinski definition) is 4.